The summed E-state index contributed by atoms with van der Waals surface area (Å²) in [5.41, 5.74) is 4.31. The van der Waals surface area contributed by atoms with Gasteiger partial charge >= 0.3 is 11.8 Å². The van der Waals surface area contributed by atoms with Crippen LogP contribution in [0.1, 0.15) is 16.7 Å². The van der Waals surface area contributed by atoms with Gasteiger partial charge in [0.1, 0.15) is 12.4 Å². The lowest BCUT2D eigenvalue weighted by molar-refractivity contribution is -0.139. The summed E-state index contributed by atoms with van der Waals surface area (Å²) in [7, 11) is 0. The molecular formula is C24H19Cl2N3O5. The van der Waals surface area contributed by atoms with Gasteiger partial charge in [-0.1, -0.05) is 47.5 Å². The first-order chi connectivity index (χ1) is 16.5. The lowest BCUT2D eigenvalue weighted by atomic mass is 10.2. The highest BCUT2D eigenvalue weighted by Crippen LogP contribution is 2.32. The van der Waals surface area contributed by atoms with Crippen molar-refractivity contribution >= 4 is 41.2 Å². The number of carbonyl (C=O) groups is 2. The summed E-state index contributed by atoms with van der Waals surface area (Å²) in [5, 5.41) is 7.40. The summed E-state index contributed by atoms with van der Waals surface area (Å²) in [6.45, 7) is 0.511. The molecule has 1 aliphatic rings. The predicted octanol–water partition coefficient (Wildman–Crippen LogP) is 4.07. The SMILES string of the molecule is O=C(NCc1ccc2c(c1)OCO2)C(=O)N/N=C\c1cccc(OCc2c(Cl)cccc2Cl)c1. The molecule has 1 aliphatic heterocycles. The first-order valence-corrected chi connectivity index (χ1v) is 10.9. The number of nitrogens with zero attached hydrogens (tertiary/aromatic N) is 1. The molecule has 3 aromatic rings. The number of hydrogen-bond donors (Lipinski definition) is 2. The number of ether oxygens (including phenoxy) is 3. The third-order valence-corrected chi connectivity index (χ3v) is 5.49. The van der Waals surface area contributed by atoms with Gasteiger partial charge < -0.3 is 19.5 Å². The Hall–Kier alpha value is -3.75. The highest BCUT2D eigenvalue weighted by molar-refractivity contribution is 6.36. The molecule has 0 saturated heterocycles. The van der Waals surface area contributed by atoms with E-state index in [2.05, 4.69) is 15.8 Å². The van der Waals surface area contributed by atoms with E-state index in [1.54, 1.807) is 60.7 Å². The maximum atomic E-state index is 12.0. The van der Waals surface area contributed by atoms with E-state index >= 15 is 0 Å². The second kappa shape index (κ2) is 10.9. The number of amides is 2. The van der Waals surface area contributed by atoms with Gasteiger partial charge in [0.15, 0.2) is 11.5 Å². The Morgan fingerprint density at radius 1 is 0.971 bits per heavy atom. The second-order valence-electron chi connectivity index (χ2n) is 7.13. The van der Waals surface area contributed by atoms with E-state index in [-0.39, 0.29) is 19.9 Å². The van der Waals surface area contributed by atoms with Crippen molar-refractivity contribution in [2.75, 3.05) is 6.79 Å². The number of hydrogen-bond acceptors (Lipinski definition) is 6. The Labute approximate surface area is 205 Å². The van der Waals surface area contributed by atoms with Gasteiger partial charge in [-0.3, -0.25) is 9.59 Å². The molecule has 0 spiro atoms. The van der Waals surface area contributed by atoms with Crippen LogP contribution < -0.4 is 25.0 Å². The molecule has 8 nitrogen and oxygen atoms in total. The minimum Gasteiger partial charge on any atom is -0.489 e. The molecule has 1 heterocycles. The van der Waals surface area contributed by atoms with Gasteiger partial charge in [0, 0.05) is 22.2 Å². The van der Waals surface area contributed by atoms with E-state index in [4.69, 9.17) is 37.4 Å². The molecule has 0 atom stereocenters. The first-order valence-electron chi connectivity index (χ1n) is 10.1. The summed E-state index contributed by atoms with van der Waals surface area (Å²) < 4.78 is 16.3. The van der Waals surface area contributed by atoms with Crippen LogP contribution in [0, 0.1) is 0 Å². The molecule has 34 heavy (non-hydrogen) atoms. The molecule has 0 bridgehead atoms. The van der Waals surface area contributed by atoms with Crippen molar-refractivity contribution < 1.29 is 23.8 Å². The van der Waals surface area contributed by atoms with Gasteiger partial charge in [0.25, 0.3) is 0 Å². The van der Waals surface area contributed by atoms with E-state index in [0.29, 0.717) is 38.4 Å². The average molecular weight is 500 g/mol. The van der Waals surface area contributed by atoms with E-state index in [9.17, 15) is 9.59 Å². The van der Waals surface area contributed by atoms with Crippen molar-refractivity contribution in [3.05, 3.63) is 87.4 Å². The van der Waals surface area contributed by atoms with Gasteiger partial charge in [0.05, 0.1) is 6.21 Å². The molecule has 0 aliphatic carbocycles. The lowest BCUT2D eigenvalue weighted by Gasteiger charge is -2.09. The molecule has 3 aromatic carbocycles. The highest BCUT2D eigenvalue weighted by Gasteiger charge is 2.15. The summed E-state index contributed by atoms with van der Waals surface area (Å²) in [6.07, 6.45) is 1.40. The normalized spacial score (nSPS) is 11.9. The fourth-order valence-electron chi connectivity index (χ4n) is 3.04. The van der Waals surface area contributed by atoms with Crippen LogP contribution in [0.3, 0.4) is 0 Å². The van der Waals surface area contributed by atoms with Crippen molar-refractivity contribution in [3.8, 4) is 17.2 Å². The molecule has 2 amide bonds. The van der Waals surface area contributed by atoms with Gasteiger partial charge in [-0.25, -0.2) is 5.43 Å². The van der Waals surface area contributed by atoms with E-state index in [0.717, 1.165) is 5.56 Å². The van der Waals surface area contributed by atoms with Gasteiger partial charge in [-0.2, -0.15) is 5.10 Å². The summed E-state index contributed by atoms with van der Waals surface area (Å²) >= 11 is 12.3. The topological polar surface area (TPSA) is 98.2 Å². The van der Waals surface area contributed by atoms with Crippen LogP contribution in [-0.2, 0) is 22.7 Å². The number of nitrogens with one attached hydrogen (secondary N) is 2. The minimum absolute atomic E-state index is 0.154. The third kappa shape index (κ3) is 5.98. The molecule has 4 rings (SSSR count). The molecular weight excluding hydrogens is 481 g/mol. The standard InChI is InChI=1S/C24H19Cl2N3O5/c25-19-5-2-6-20(26)18(19)13-32-17-4-1-3-15(9-17)12-28-29-24(31)23(30)27-11-16-7-8-21-22(10-16)34-14-33-21/h1-10,12H,11,13-14H2,(H,27,30)(H,29,31)/b28-12-. The fraction of sp³-hybridized carbons (Fsp3) is 0.125. The molecule has 10 heteroatoms. The highest BCUT2D eigenvalue weighted by atomic mass is 35.5. The quantitative estimate of drug-likeness (QED) is 0.290. The average Bonchev–Trinajstić information content (AvgIpc) is 3.30. The zero-order valence-electron chi connectivity index (χ0n) is 17.7. The van der Waals surface area contributed by atoms with Crippen molar-refractivity contribution in [1.29, 1.82) is 0 Å². The number of fused-ring (bicyclic) bond motifs is 1. The van der Waals surface area contributed by atoms with Crippen LogP contribution in [0.5, 0.6) is 17.2 Å². The number of halogens is 2. The van der Waals surface area contributed by atoms with Crippen LogP contribution in [0.15, 0.2) is 65.8 Å². The zero-order chi connectivity index (χ0) is 23.9. The lowest BCUT2D eigenvalue weighted by Crippen LogP contribution is -2.37. The Kier molecular flexibility index (Phi) is 7.51. The van der Waals surface area contributed by atoms with Crippen molar-refractivity contribution in [2.24, 2.45) is 5.10 Å². The van der Waals surface area contributed by atoms with Crippen molar-refractivity contribution in [3.63, 3.8) is 0 Å². The number of hydrazone groups is 1. The maximum absolute atomic E-state index is 12.0. The van der Waals surface area contributed by atoms with Crippen LogP contribution in [0.2, 0.25) is 10.0 Å². The number of rotatable bonds is 7. The molecule has 2 N–H and O–H groups in total. The predicted molar refractivity (Wildman–Crippen MR) is 127 cm³/mol. The zero-order valence-corrected chi connectivity index (χ0v) is 19.2. The monoisotopic (exact) mass is 499 g/mol. The first kappa shape index (κ1) is 23.4. The second-order valence-corrected chi connectivity index (χ2v) is 7.95. The maximum Gasteiger partial charge on any atom is 0.329 e. The van der Waals surface area contributed by atoms with E-state index < -0.39 is 11.8 Å². The van der Waals surface area contributed by atoms with Crippen molar-refractivity contribution in [2.45, 2.75) is 13.2 Å². The molecule has 0 unspecified atom stereocenters. The Balaban J connectivity index is 1.26. The molecule has 0 saturated carbocycles. The number of carbonyl (C=O) groups excluding carboxylic acids is 2. The van der Waals surface area contributed by atoms with Gasteiger partial charge in [-0.15, -0.1) is 0 Å². The largest absolute Gasteiger partial charge is 0.489 e. The van der Waals surface area contributed by atoms with E-state index in [1.807, 2.05) is 0 Å². The van der Waals surface area contributed by atoms with Crippen LogP contribution in [-0.4, -0.2) is 24.8 Å². The van der Waals surface area contributed by atoms with Crippen molar-refractivity contribution in [1.82, 2.24) is 10.7 Å². The molecule has 0 aromatic heterocycles. The Morgan fingerprint density at radius 2 is 1.74 bits per heavy atom. The van der Waals surface area contributed by atoms with Crippen LogP contribution in [0.25, 0.3) is 0 Å². The van der Waals surface area contributed by atoms with Crippen LogP contribution in [0.4, 0.5) is 0 Å². The fourth-order valence-corrected chi connectivity index (χ4v) is 3.55. The summed E-state index contributed by atoms with van der Waals surface area (Å²) in [5.74, 6) is 0.0975. The Bertz CT molecular complexity index is 1230. The third-order valence-electron chi connectivity index (χ3n) is 4.78. The molecule has 0 fully saturated rings. The minimum atomic E-state index is -0.891. The summed E-state index contributed by atoms with van der Waals surface area (Å²) in [6, 6.07) is 17.5. The van der Waals surface area contributed by atoms with Gasteiger partial charge in [0.2, 0.25) is 6.79 Å². The van der Waals surface area contributed by atoms with Gasteiger partial charge in [-0.05, 0) is 47.5 Å². The number of benzene rings is 3. The summed E-state index contributed by atoms with van der Waals surface area (Å²) in [4.78, 5) is 24.0. The Morgan fingerprint density at radius 3 is 2.56 bits per heavy atom. The smallest absolute Gasteiger partial charge is 0.329 e. The van der Waals surface area contributed by atoms with E-state index in [1.165, 1.54) is 6.21 Å². The molecule has 0 radical (unpaired) electrons. The van der Waals surface area contributed by atoms with Crippen LogP contribution >= 0.6 is 23.2 Å². The molecule has 174 valence electrons.